The largest absolute Gasteiger partial charge is 0.477 e. The van der Waals surface area contributed by atoms with Gasteiger partial charge in [-0.3, -0.25) is 9.59 Å². The van der Waals surface area contributed by atoms with Gasteiger partial charge in [-0.15, -0.1) is 0 Å². The summed E-state index contributed by atoms with van der Waals surface area (Å²) in [6, 6.07) is -0.625. The normalized spacial score (nSPS) is 13.7. The standard InChI is InChI=1S/C52H87NO7/c1-6-8-10-12-14-16-18-20-21-22-23-24-25-26-27-28-29-31-32-34-36-38-40-42-50(54)59-47-48(46-58-45-44-49(52(56)57)53(3,4)5)60-51(55)43-41-39-37-35-33-30-19-17-15-13-11-9-7-2/h8,10,14,16,20-21,23-24,26-27,29-31,33,48-49H,6-7,9,11-13,15,17-19,22,25,28,32,34-47H2,1-5H3/p+1/b10-8+,16-14+,21-20+,24-23+,27-26+,31-29+,33-30+. The number of hydrogen-bond acceptors (Lipinski definition) is 6. The molecule has 60 heavy (non-hydrogen) atoms. The predicted molar refractivity (Wildman–Crippen MR) is 252 cm³/mol. The molecule has 1 N–H and O–H groups in total. The number of likely N-dealkylation sites (N-methyl/N-ethyl adjacent to an activating group) is 1. The Morgan fingerprint density at radius 2 is 0.933 bits per heavy atom. The summed E-state index contributed by atoms with van der Waals surface area (Å²) in [5.74, 6) is -1.53. The van der Waals surface area contributed by atoms with Crippen molar-refractivity contribution in [3.8, 4) is 0 Å². The molecule has 0 bridgehead atoms. The highest BCUT2D eigenvalue weighted by atomic mass is 16.6. The summed E-state index contributed by atoms with van der Waals surface area (Å²) in [5.41, 5.74) is 0. The van der Waals surface area contributed by atoms with E-state index in [1.165, 1.54) is 38.5 Å². The number of allylic oxidation sites excluding steroid dienone is 14. The first-order chi connectivity index (χ1) is 29.1. The van der Waals surface area contributed by atoms with E-state index in [1.807, 2.05) is 21.1 Å². The second kappa shape index (κ2) is 42.2. The molecule has 0 fully saturated rings. The van der Waals surface area contributed by atoms with Crippen molar-refractivity contribution in [1.82, 2.24) is 0 Å². The number of hydrogen-bond donors (Lipinski definition) is 1. The Bertz CT molecular complexity index is 1250. The highest BCUT2D eigenvalue weighted by Crippen LogP contribution is 2.13. The molecule has 8 nitrogen and oxygen atoms in total. The van der Waals surface area contributed by atoms with Gasteiger partial charge in [0.05, 0.1) is 34.4 Å². The third-order valence-electron chi connectivity index (χ3n) is 10.0. The molecule has 0 saturated carbocycles. The molecule has 0 radical (unpaired) electrons. The first kappa shape index (κ1) is 56.5. The van der Waals surface area contributed by atoms with Crippen LogP contribution in [-0.4, -0.2) is 80.6 Å². The zero-order valence-corrected chi connectivity index (χ0v) is 38.9. The van der Waals surface area contributed by atoms with E-state index in [4.69, 9.17) is 14.2 Å². The number of carboxylic acids is 1. The Kier molecular flexibility index (Phi) is 39.8. The van der Waals surface area contributed by atoms with Crippen LogP contribution in [0.15, 0.2) is 85.1 Å². The summed E-state index contributed by atoms with van der Waals surface area (Å²) in [4.78, 5) is 37.0. The Morgan fingerprint density at radius 1 is 0.517 bits per heavy atom. The fourth-order valence-corrected chi connectivity index (χ4v) is 6.38. The first-order valence-electron chi connectivity index (χ1n) is 23.6. The number of carbonyl (C=O) groups is 3. The SMILES string of the molecule is CC/C=C/C/C=C/C/C=C/C/C=C/C/C=C/C/C=C/CCCCCCC(=O)OCC(COCCC(C(=O)O)[N+](C)(C)C)OC(=O)CCCCC/C=C/CCCCCCCC. The van der Waals surface area contributed by atoms with Gasteiger partial charge in [0, 0.05) is 19.3 Å². The van der Waals surface area contributed by atoms with Crippen molar-refractivity contribution in [1.29, 1.82) is 0 Å². The van der Waals surface area contributed by atoms with Crippen molar-refractivity contribution >= 4 is 17.9 Å². The highest BCUT2D eigenvalue weighted by molar-refractivity contribution is 5.72. The number of rotatable bonds is 41. The topological polar surface area (TPSA) is 99.1 Å². The van der Waals surface area contributed by atoms with Crippen LogP contribution in [0.4, 0.5) is 0 Å². The molecule has 8 heteroatoms. The number of ether oxygens (including phenoxy) is 3. The molecular weight excluding hydrogens is 751 g/mol. The Hall–Kier alpha value is -3.49. The molecule has 342 valence electrons. The summed E-state index contributed by atoms with van der Waals surface area (Å²) in [6.07, 6.45) is 54.9. The lowest BCUT2D eigenvalue weighted by molar-refractivity contribution is -0.887. The monoisotopic (exact) mass is 839 g/mol. The maximum Gasteiger partial charge on any atom is 0.362 e. The van der Waals surface area contributed by atoms with Crippen molar-refractivity contribution < 1.29 is 38.2 Å². The van der Waals surface area contributed by atoms with E-state index in [9.17, 15) is 19.5 Å². The summed E-state index contributed by atoms with van der Waals surface area (Å²) in [7, 11) is 5.51. The summed E-state index contributed by atoms with van der Waals surface area (Å²) < 4.78 is 17.3. The lowest BCUT2D eigenvalue weighted by Crippen LogP contribution is -2.50. The van der Waals surface area contributed by atoms with Gasteiger partial charge in [0.2, 0.25) is 0 Å². The van der Waals surface area contributed by atoms with Crippen LogP contribution in [0.1, 0.15) is 174 Å². The lowest BCUT2D eigenvalue weighted by Gasteiger charge is -2.31. The molecule has 0 aromatic rings. The van der Waals surface area contributed by atoms with Crippen molar-refractivity contribution in [2.45, 2.75) is 187 Å². The van der Waals surface area contributed by atoms with Crippen molar-refractivity contribution in [3.05, 3.63) is 85.1 Å². The molecule has 0 heterocycles. The van der Waals surface area contributed by atoms with Crippen LogP contribution >= 0.6 is 0 Å². The van der Waals surface area contributed by atoms with Gasteiger partial charge in [0.15, 0.2) is 12.1 Å². The van der Waals surface area contributed by atoms with E-state index < -0.39 is 18.1 Å². The van der Waals surface area contributed by atoms with Gasteiger partial charge in [0.1, 0.15) is 6.61 Å². The van der Waals surface area contributed by atoms with Crippen LogP contribution in [0.3, 0.4) is 0 Å². The van der Waals surface area contributed by atoms with E-state index in [-0.39, 0.29) is 36.2 Å². The second-order valence-electron chi connectivity index (χ2n) is 16.6. The van der Waals surface area contributed by atoms with Crippen LogP contribution in [-0.2, 0) is 28.6 Å². The minimum atomic E-state index is -0.884. The van der Waals surface area contributed by atoms with Gasteiger partial charge in [-0.1, -0.05) is 150 Å². The quantitative estimate of drug-likeness (QED) is 0.0283. The summed E-state index contributed by atoms with van der Waals surface area (Å²) >= 11 is 0. The molecular formula is C52H88NO7+. The first-order valence-corrected chi connectivity index (χ1v) is 23.6. The molecule has 0 amide bonds. The maximum atomic E-state index is 12.7. The fraction of sp³-hybridized carbons (Fsp3) is 0.673. The minimum absolute atomic E-state index is 0.0422. The van der Waals surface area contributed by atoms with E-state index >= 15 is 0 Å². The number of nitrogens with zero attached hydrogens (tertiary/aromatic N) is 1. The number of carboxylic acid groups (broad SMARTS) is 1. The molecule has 0 aliphatic carbocycles. The zero-order valence-electron chi connectivity index (χ0n) is 38.9. The fourth-order valence-electron chi connectivity index (χ4n) is 6.38. The molecule has 2 unspecified atom stereocenters. The number of carbonyl (C=O) groups excluding carboxylic acids is 2. The minimum Gasteiger partial charge on any atom is -0.477 e. The zero-order chi connectivity index (χ0) is 44.2. The third kappa shape index (κ3) is 39.9. The lowest BCUT2D eigenvalue weighted by atomic mass is 10.1. The molecule has 0 aliphatic heterocycles. The predicted octanol–water partition coefficient (Wildman–Crippen LogP) is 13.3. The average molecular weight is 839 g/mol. The molecule has 0 spiro atoms. The van der Waals surface area contributed by atoms with Crippen molar-refractivity contribution in [2.24, 2.45) is 0 Å². The summed E-state index contributed by atoms with van der Waals surface area (Å²) in [6.45, 7) is 4.56. The molecule has 0 rings (SSSR count). The van der Waals surface area contributed by atoms with Crippen LogP contribution in [0, 0.1) is 0 Å². The van der Waals surface area contributed by atoms with Gasteiger partial charge >= 0.3 is 17.9 Å². The molecule has 0 saturated heterocycles. The van der Waals surface area contributed by atoms with Crippen LogP contribution in [0.2, 0.25) is 0 Å². The smallest absolute Gasteiger partial charge is 0.362 e. The van der Waals surface area contributed by atoms with Gasteiger partial charge in [-0.25, -0.2) is 4.79 Å². The number of unbranched alkanes of at least 4 members (excludes halogenated alkanes) is 13. The van der Waals surface area contributed by atoms with Crippen LogP contribution in [0.25, 0.3) is 0 Å². The Balaban J connectivity index is 4.36. The van der Waals surface area contributed by atoms with Gasteiger partial charge in [-0.05, 0) is 89.9 Å². The second-order valence-corrected chi connectivity index (χ2v) is 16.6. The highest BCUT2D eigenvalue weighted by Gasteiger charge is 2.31. The average Bonchev–Trinajstić information content (AvgIpc) is 3.21. The van der Waals surface area contributed by atoms with E-state index in [1.54, 1.807) is 0 Å². The van der Waals surface area contributed by atoms with Crippen LogP contribution in [0.5, 0.6) is 0 Å². The van der Waals surface area contributed by atoms with E-state index in [2.05, 4.69) is 98.9 Å². The van der Waals surface area contributed by atoms with Crippen LogP contribution < -0.4 is 0 Å². The Morgan fingerprint density at radius 3 is 1.42 bits per heavy atom. The molecule has 2 atom stereocenters. The van der Waals surface area contributed by atoms with E-state index in [0.717, 1.165) is 103 Å². The third-order valence-corrected chi connectivity index (χ3v) is 10.0. The van der Waals surface area contributed by atoms with Crippen molar-refractivity contribution in [2.75, 3.05) is 41.0 Å². The number of quaternary nitrogens is 1. The summed E-state index contributed by atoms with van der Waals surface area (Å²) in [5, 5.41) is 9.63. The number of aliphatic carboxylic acids is 1. The van der Waals surface area contributed by atoms with Crippen molar-refractivity contribution in [3.63, 3.8) is 0 Å². The van der Waals surface area contributed by atoms with Gasteiger partial charge in [0.25, 0.3) is 0 Å². The molecule has 0 aliphatic rings. The maximum absolute atomic E-state index is 12.7. The number of esters is 2. The molecule has 0 aromatic carbocycles. The van der Waals surface area contributed by atoms with E-state index in [0.29, 0.717) is 19.3 Å². The van der Waals surface area contributed by atoms with Gasteiger partial charge < -0.3 is 23.8 Å². The van der Waals surface area contributed by atoms with Gasteiger partial charge in [-0.2, -0.15) is 0 Å². The molecule has 0 aromatic heterocycles. The Labute approximate surface area is 367 Å².